The molecule has 2 saturated carbocycles. The first-order valence-electron chi connectivity index (χ1n) is 12.6. The van der Waals surface area contributed by atoms with Gasteiger partial charge in [0, 0.05) is 30.5 Å². The van der Waals surface area contributed by atoms with Gasteiger partial charge in [0.15, 0.2) is 0 Å². The molecule has 0 spiro atoms. The fourth-order valence-corrected chi connectivity index (χ4v) is 5.91. The zero-order valence-corrected chi connectivity index (χ0v) is 19.4. The average Bonchev–Trinajstić information content (AvgIpc) is 3.41. The summed E-state index contributed by atoms with van der Waals surface area (Å²) in [5.41, 5.74) is 1.47. The summed E-state index contributed by atoms with van der Waals surface area (Å²) in [5, 5.41) is 15.2. The summed E-state index contributed by atoms with van der Waals surface area (Å²) in [6.07, 6.45) is 8.17. The van der Waals surface area contributed by atoms with Gasteiger partial charge in [0.25, 0.3) is 5.91 Å². The molecule has 1 saturated heterocycles. The average molecular weight is 465 g/mol. The SMILES string of the molecule is N#CC1CCC(CN[C@H]2CCC[C@H]2Oc2ccc3c(c2)CN(C2CCC(=O)NC2=O)C3=O)CC1. The van der Waals surface area contributed by atoms with E-state index < -0.39 is 11.9 Å². The molecule has 0 bridgehead atoms. The minimum atomic E-state index is -0.603. The Bertz CT molecular complexity index is 1010. The van der Waals surface area contributed by atoms with E-state index in [0.29, 0.717) is 30.5 Å². The molecule has 1 aromatic carbocycles. The smallest absolute Gasteiger partial charge is 0.255 e. The number of imide groups is 1. The quantitative estimate of drug-likeness (QED) is 0.626. The van der Waals surface area contributed by atoms with E-state index in [2.05, 4.69) is 16.7 Å². The summed E-state index contributed by atoms with van der Waals surface area (Å²) in [6.45, 7) is 1.33. The number of hydrogen-bond acceptors (Lipinski definition) is 6. The minimum Gasteiger partial charge on any atom is -0.489 e. The first-order chi connectivity index (χ1) is 16.5. The van der Waals surface area contributed by atoms with Crippen molar-refractivity contribution in [3.05, 3.63) is 29.3 Å². The molecule has 0 radical (unpaired) electrons. The maximum Gasteiger partial charge on any atom is 0.255 e. The minimum absolute atomic E-state index is 0.0943. The van der Waals surface area contributed by atoms with Crippen LogP contribution in [0.25, 0.3) is 0 Å². The highest BCUT2D eigenvalue weighted by Gasteiger charge is 2.39. The molecular formula is C26H32N4O4. The van der Waals surface area contributed by atoms with Crippen molar-refractivity contribution in [2.24, 2.45) is 11.8 Å². The van der Waals surface area contributed by atoms with Crippen LogP contribution < -0.4 is 15.4 Å². The van der Waals surface area contributed by atoms with Crippen LogP contribution in [0, 0.1) is 23.2 Å². The summed E-state index contributed by atoms with van der Waals surface area (Å²) >= 11 is 0. The topological polar surface area (TPSA) is 112 Å². The standard InChI is InChI=1S/C26H32N4O4/c27-13-16-4-6-17(7-5-16)14-28-21-2-1-3-23(21)34-19-8-9-20-18(12-19)15-30(26(20)33)22-10-11-24(31)29-25(22)32/h8-9,12,16-17,21-23,28H,1-7,10-11,14-15H2,(H,29,31,32)/t16?,17?,21-,22?,23+/m0/s1. The second-order valence-corrected chi connectivity index (χ2v) is 10.2. The molecule has 1 unspecified atom stereocenters. The van der Waals surface area contributed by atoms with Gasteiger partial charge in [-0.15, -0.1) is 0 Å². The molecule has 2 heterocycles. The van der Waals surface area contributed by atoms with E-state index in [-0.39, 0.29) is 30.3 Å². The summed E-state index contributed by atoms with van der Waals surface area (Å²) in [5.74, 6) is 0.782. The van der Waals surface area contributed by atoms with Gasteiger partial charge in [0.1, 0.15) is 17.9 Å². The lowest BCUT2D eigenvalue weighted by Crippen LogP contribution is -2.52. The zero-order chi connectivity index (χ0) is 23.7. The monoisotopic (exact) mass is 464 g/mol. The number of amides is 3. The van der Waals surface area contributed by atoms with Crippen LogP contribution in [0.4, 0.5) is 0 Å². The first-order valence-corrected chi connectivity index (χ1v) is 12.6. The third-order valence-electron chi connectivity index (χ3n) is 7.93. The van der Waals surface area contributed by atoms with E-state index in [1.54, 1.807) is 11.0 Å². The second kappa shape index (κ2) is 9.75. The van der Waals surface area contributed by atoms with E-state index in [1.807, 2.05) is 12.1 Å². The fourth-order valence-electron chi connectivity index (χ4n) is 5.91. The van der Waals surface area contributed by atoms with Crippen LogP contribution >= 0.6 is 0 Å². The summed E-state index contributed by atoms with van der Waals surface area (Å²) in [6, 6.07) is 7.68. The van der Waals surface area contributed by atoms with Gasteiger partial charge in [-0.05, 0) is 87.6 Å². The highest BCUT2D eigenvalue weighted by Crippen LogP contribution is 2.33. The van der Waals surface area contributed by atoms with Crippen LogP contribution in [0.5, 0.6) is 5.75 Å². The number of carbonyl (C=O) groups excluding carboxylic acids is 3. The Morgan fingerprint density at radius 1 is 1.09 bits per heavy atom. The van der Waals surface area contributed by atoms with Crippen molar-refractivity contribution in [1.82, 2.24) is 15.5 Å². The number of nitrogens with zero attached hydrogens (tertiary/aromatic N) is 2. The maximum atomic E-state index is 12.9. The Labute approximate surface area is 200 Å². The van der Waals surface area contributed by atoms with E-state index in [1.165, 1.54) is 0 Å². The Hall–Kier alpha value is -2.92. The Morgan fingerprint density at radius 2 is 1.91 bits per heavy atom. The summed E-state index contributed by atoms with van der Waals surface area (Å²) in [7, 11) is 0. The number of ether oxygens (including phenoxy) is 1. The molecule has 34 heavy (non-hydrogen) atoms. The van der Waals surface area contributed by atoms with Crippen molar-refractivity contribution in [3.8, 4) is 11.8 Å². The third-order valence-corrected chi connectivity index (χ3v) is 7.93. The summed E-state index contributed by atoms with van der Waals surface area (Å²) in [4.78, 5) is 38.2. The predicted molar refractivity (Wildman–Crippen MR) is 124 cm³/mol. The van der Waals surface area contributed by atoms with Gasteiger partial charge in [-0.1, -0.05) is 0 Å². The van der Waals surface area contributed by atoms with Crippen molar-refractivity contribution >= 4 is 17.7 Å². The summed E-state index contributed by atoms with van der Waals surface area (Å²) < 4.78 is 6.38. The normalized spacial score (nSPS) is 31.2. The van der Waals surface area contributed by atoms with E-state index >= 15 is 0 Å². The van der Waals surface area contributed by atoms with Gasteiger partial charge in [-0.3, -0.25) is 19.7 Å². The molecule has 3 atom stereocenters. The molecule has 2 N–H and O–H groups in total. The highest BCUT2D eigenvalue weighted by atomic mass is 16.5. The molecule has 8 nitrogen and oxygen atoms in total. The lowest BCUT2D eigenvalue weighted by atomic mass is 9.82. The zero-order valence-electron chi connectivity index (χ0n) is 19.4. The van der Waals surface area contributed by atoms with Crippen LogP contribution in [-0.4, -0.2) is 47.4 Å². The molecule has 1 aromatic rings. The molecule has 3 amide bonds. The maximum absolute atomic E-state index is 12.9. The van der Waals surface area contributed by atoms with E-state index in [4.69, 9.17) is 10.00 Å². The predicted octanol–water partition coefficient (Wildman–Crippen LogP) is 2.67. The van der Waals surface area contributed by atoms with Gasteiger partial charge < -0.3 is 15.0 Å². The lowest BCUT2D eigenvalue weighted by Gasteiger charge is -2.29. The molecule has 4 aliphatic rings. The molecule has 5 rings (SSSR count). The molecule has 180 valence electrons. The first kappa shape index (κ1) is 22.9. The van der Waals surface area contributed by atoms with Gasteiger partial charge in [0.05, 0.1) is 6.07 Å². The molecule has 2 aliphatic carbocycles. The van der Waals surface area contributed by atoms with Gasteiger partial charge >= 0.3 is 0 Å². The number of nitriles is 1. The highest BCUT2D eigenvalue weighted by molar-refractivity contribution is 6.05. The fraction of sp³-hybridized carbons (Fsp3) is 0.615. The Balaban J connectivity index is 1.18. The van der Waals surface area contributed by atoms with Crippen molar-refractivity contribution in [2.45, 2.75) is 82.5 Å². The van der Waals surface area contributed by atoms with Crippen LogP contribution in [0.1, 0.15) is 73.7 Å². The van der Waals surface area contributed by atoms with Crippen molar-refractivity contribution in [3.63, 3.8) is 0 Å². The van der Waals surface area contributed by atoms with Crippen LogP contribution in [0.3, 0.4) is 0 Å². The van der Waals surface area contributed by atoms with Gasteiger partial charge in [0.2, 0.25) is 11.8 Å². The van der Waals surface area contributed by atoms with Gasteiger partial charge in [-0.25, -0.2) is 0 Å². The van der Waals surface area contributed by atoms with Gasteiger partial charge in [-0.2, -0.15) is 5.26 Å². The van der Waals surface area contributed by atoms with Crippen molar-refractivity contribution < 1.29 is 19.1 Å². The third kappa shape index (κ3) is 4.67. The number of fused-ring (bicyclic) bond motifs is 1. The van der Waals surface area contributed by atoms with E-state index in [9.17, 15) is 14.4 Å². The van der Waals surface area contributed by atoms with E-state index in [0.717, 1.165) is 62.8 Å². The number of carbonyl (C=O) groups is 3. The molecule has 8 heteroatoms. The Kier molecular flexibility index (Phi) is 6.55. The van der Waals surface area contributed by atoms with Crippen molar-refractivity contribution in [1.29, 1.82) is 5.26 Å². The molecule has 3 fully saturated rings. The number of benzene rings is 1. The molecule has 0 aromatic heterocycles. The van der Waals surface area contributed by atoms with Crippen LogP contribution in [0.15, 0.2) is 18.2 Å². The molecular weight excluding hydrogens is 432 g/mol. The van der Waals surface area contributed by atoms with Crippen LogP contribution in [0.2, 0.25) is 0 Å². The largest absolute Gasteiger partial charge is 0.489 e. The lowest BCUT2D eigenvalue weighted by molar-refractivity contribution is -0.136. The van der Waals surface area contributed by atoms with Crippen LogP contribution in [-0.2, 0) is 16.1 Å². The number of piperidine rings is 1. The number of rotatable bonds is 6. The van der Waals surface area contributed by atoms with Crippen molar-refractivity contribution in [2.75, 3.05) is 6.54 Å². The number of nitrogens with one attached hydrogen (secondary N) is 2. The number of hydrogen-bond donors (Lipinski definition) is 2. The Morgan fingerprint density at radius 3 is 2.68 bits per heavy atom. The molecule has 2 aliphatic heterocycles. The second-order valence-electron chi connectivity index (χ2n) is 10.2.